The molecule has 1 fully saturated rings. The Balaban J connectivity index is 2.39. The number of aryl methyl sites for hydroxylation is 1. The SMILES string of the molecule is Cc1nc(C2CN(C)CCCN2C)nc(N)c1C(=O)O. The molecule has 2 heterocycles. The second kappa shape index (κ2) is 5.72. The molecular weight excluding hydrogens is 258 g/mol. The van der Waals surface area contributed by atoms with Crippen molar-refractivity contribution in [3.63, 3.8) is 0 Å². The average molecular weight is 279 g/mol. The molecule has 1 atom stereocenters. The second-order valence-corrected chi connectivity index (χ2v) is 5.34. The van der Waals surface area contributed by atoms with E-state index in [0.717, 1.165) is 26.1 Å². The monoisotopic (exact) mass is 279 g/mol. The zero-order chi connectivity index (χ0) is 14.9. The van der Waals surface area contributed by atoms with Crippen molar-refractivity contribution in [1.29, 1.82) is 0 Å². The van der Waals surface area contributed by atoms with Crippen LogP contribution in [-0.2, 0) is 0 Å². The van der Waals surface area contributed by atoms with E-state index in [1.807, 2.05) is 7.05 Å². The Bertz CT molecular complexity index is 496. The first-order chi connectivity index (χ1) is 9.40. The molecule has 1 unspecified atom stereocenters. The highest BCUT2D eigenvalue weighted by molar-refractivity contribution is 5.93. The highest BCUT2D eigenvalue weighted by Crippen LogP contribution is 2.23. The quantitative estimate of drug-likeness (QED) is 0.807. The summed E-state index contributed by atoms with van der Waals surface area (Å²) in [6, 6.07) is 0.0337. The van der Waals surface area contributed by atoms with Gasteiger partial charge in [0.1, 0.15) is 17.2 Å². The number of carbonyl (C=O) groups is 1. The lowest BCUT2D eigenvalue weighted by molar-refractivity contribution is 0.0696. The zero-order valence-electron chi connectivity index (χ0n) is 12.1. The lowest BCUT2D eigenvalue weighted by Crippen LogP contribution is -2.32. The van der Waals surface area contributed by atoms with Crippen molar-refractivity contribution in [3.05, 3.63) is 17.1 Å². The highest BCUT2D eigenvalue weighted by Gasteiger charge is 2.26. The standard InChI is InChI=1S/C13H21N5O2/c1-8-10(13(19)20)11(14)16-12(15-8)9-7-17(2)5-4-6-18(9)3/h9H,4-7H2,1-3H3,(H,19,20)(H2,14,15,16). The Morgan fingerprint density at radius 3 is 2.65 bits per heavy atom. The van der Waals surface area contributed by atoms with Gasteiger partial charge in [-0.2, -0.15) is 0 Å². The number of nitrogens with two attached hydrogens (primary N) is 1. The molecule has 7 heteroatoms. The average Bonchev–Trinajstić information content (AvgIpc) is 2.49. The molecular formula is C13H21N5O2. The van der Waals surface area contributed by atoms with E-state index >= 15 is 0 Å². The van der Waals surface area contributed by atoms with Gasteiger partial charge in [-0.3, -0.25) is 4.90 Å². The van der Waals surface area contributed by atoms with Crippen LogP contribution < -0.4 is 5.73 Å². The molecule has 1 aliphatic heterocycles. The van der Waals surface area contributed by atoms with Crippen molar-refractivity contribution < 1.29 is 9.90 Å². The summed E-state index contributed by atoms with van der Waals surface area (Å²) in [4.78, 5) is 24.1. The summed E-state index contributed by atoms with van der Waals surface area (Å²) in [7, 11) is 4.10. The van der Waals surface area contributed by atoms with Gasteiger partial charge in [-0.1, -0.05) is 0 Å². The second-order valence-electron chi connectivity index (χ2n) is 5.34. The molecule has 0 radical (unpaired) electrons. The Labute approximate surface area is 118 Å². The lowest BCUT2D eigenvalue weighted by atomic mass is 10.2. The number of hydrogen-bond donors (Lipinski definition) is 2. The zero-order valence-corrected chi connectivity index (χ0v) is 12.1. The van der Waals surface area contributed by atoms with Crippen LogP contribution >= 0.6 is 0 Å². The normalized spacial score (nSPS) is 21.6. The van der Waals surface area contributed by atoms with E-state index in [0.29, 0.717) is 11.5 Å². The molecule has 0 aromatic carbocycles. The minimum Gasteiger partial charge on any atom is -0.477 e. The number of carboxylic acids is 1. The number of likely N-dealkylation sites (N-methyl/N-ethyl adjacent to an activating group) is 2. The number of carboxylic acid groups (broad SMARTS) is 1. The number of nitrogens with zero attached hydrogens (tertiary/aromatic N) is 4. The van der Waals surface area contributed by atoms with Gasteiger partial charge in [-0.05, 0) is 40.5 Å². The molecule has 1 aliphatic rings. The maximum absolute atomic E-state index is 11.1. The van der Waals surface area contributed by atoms with Crippen molar-refractivity contribution in [2.75, 3.05) is 39.5 Å². The smallest absolute Gasteiger partial charge is 0.341 e. The molecule has 7 nitrogen and oxygen atoms in total. The van der Waals surface area contributed by atoms with Gasteiger partial charge in [0.25, 0.3) is 0 Å². The van der Waals surface area contributed by atoms with Crippen molar-refractivity contribution in [3.8, 4) is 0 Å². The van der Waals surface area contributed by atoms with Crippen LogP contribution in [0.3, 0.4) is 0 Å². The number of nitrogen functional groups attached to an aromatic ring is 1. The van der Waals surface area contributed by atoms with Crippen LogP contribution in [0.5, 0.6) is 0 Å². The van der Waals surface area contributed by atoms with Crippen molar-refractivity contribution >= 4 is 11.8 Å². The van der Waals surface area contributed by atoms with E-state index in [4.69, 9.17) is 10.8 Å². The van der Waals surface area contributed by atoms with Gasteiger partial charge in [-0.25, -0.2) is 14.8 Å². The predicted octanol–water partition coefficient (Wildman–Crippen LogP) is 0.374. The fourth-order valence-electron chi connectivity index (χ4n) is 2.58. The Hall–Kier alpha value is -1.73. The molecule has 1 saturated heterocycles. The number of rotatable bonds is 2. The van der Waals surface area contributed by atoms with E-state index in [9.17, 15) is 4.79 Å². The first-order valence-corrected chi connectivity index (χ1v) is 6.66. The molecule has 0 bridgehead atoms. The maximum atomic E-state index is 11.1. The van der Waals surface area contributed by atoms with E-state index in [1.165, 1.54) is 0 Å². The fourth-order valence-corrected chi connectivity index (χ4v) is 2.58. The van der Waals surface area contributed by atoms with Crippen LogP contribution in [0.15, 0.2) is 0 Å². The van der Waals surface area contributed by atoms with Gasteiger partial charge >= 0.3 is 5.97 Å². The number of hydrogen-bond acceptors (Lipinski definition) is 6. The first-order valence-electron chi connectivity index (χ1n) is 6.66. The maximum Gasteiger partial charge on any atom is 0.341 e. The van der Waals surface area contributed by atoms with Gasteiger partial charge in [-0.15, -0.1) is 0 Å². The predicted molar refractivity (Wildman–Crippen MR) is 75.6 cm³/mol. The molecule has 0 saturated carbocycles. The third-order valence-electron chi connectivity index (χ3n) is 3.71. The molecule has 110 valence electrons. The minimum absolute atomic E-state index is 0.00150. The molecule has 0 amide bonds. The molecule has 2 rings (SSSR count). The summed E-state index contributed by atoms with van der Waals surface area (Å²) < 4.78 is 0. The van der Waals surface area contributed by atoms with Crippen molar-refractivity contribution in [2.45, 2.75) is 19.4 Å². The van der Waals surface area contributed by atoms with Gasteiger partial charge in [0.2, 0.25) is 0 Å². The summed E-state index contributed by atoms with van der Waals surface area (Å²) >= 11 is 0. The Morgan fingerprint density at radius 1 is 1.35 bits per heavy atom. The van der Waals surface area contributed by atoms with Crippen LogP contribution in [0.2, 0.25) is 0 Å². The highest BCUT2D eigenvalue weighted by atomic mass is 16.4. The third kappa shape index (κ3) is 2.88. The third-order valence-corrected chi connectivity index (χ3v) is 3.71. The van der Waals surface area contributed by atoms with Crippen LogP contribution in [0.25, 0.3) is 0 Å². The number of aromatic nitrogens is 2. The summed E-state index contributed by atoms with van der Waals surface area (Å²) in [5.41, 5.74) is 6.20. The van der Waals surface area contributed by atoms with Crippen molar-refractivity contribution in [2.24, 2.45) is 0 Å². The summed E-state index contributed by atoms with van der Waals surface area (Å²) in [5.74, 6) is -0.445. The number of aromatic carboxylic acids is 1. The summed E-state index contributed by atoms with van der Waals surface area (Å²) in [6.07, 6.45) is 1.09. The summed E-state index contributed by atoms with van der Waals surface area (Å²) in [6.45, 7) is 4.45. The topological polar surface area (TPSA) is 95.6 Å². The van der Waals surface area contributed by atoms with E-state index in [2.05, 4.69) is 26.8 Å². The Morgan fingerprint density at radius 2 is 2.05 bits per heavy atom. The minimum atomic E-state index is -1.09. The molecule has 0 spiro atoms. The fraction of sp³-hybridized carbons (Fsp3) is 0.615. The van der Waals surface area contributed by atoms with Gasteiger partial charge in [0.15, 0.2) is 0 Å². The van der Waals surface area contributed by atoms with Crippen LogP contribution in [0, 0.1) is 6.92 Å². The van der Waals surface area contributed by atoms with Gasteiger partial charge in [0.05, 0.1) is 11.7 Å². The van der Waals surface area contributed by atoms with Gasteiger partial charge in [0, 0.05) is 6.54 Å². The summed E-state index contributed by atoms with van der Waals surface area (Å²) in [5, 5.41) is 9.11. The van der Waals surface area contributed by atoms with Crippen LogP contribution in [-0.4, -0.2) is 64.6 Å². The molecule has 1 aromatic rings. The molecule has 1 aromatic heterocycles. The van der Waals surface area contributed by atoms with E-state index < -0.39 is 5.97 Å². The lowest BCUT2D eigenvalue weighted by Gasteiger charge is -2.26. The van der Waals surface area contributed by atoms with Crippen LogP contribution in [0.4, 0.5) is 5.82 Å². The van der Waals surface area contributed by atoms with Crippen molar-refractivity contribution in [1.82, 2.24) is 19.8 Å². The first kappa shape index (κ1) is 14.7. The van der Waals surface area contributed by atoms with E-state index in [1.54, 1.807) is 6.92 Å². The molecule has 0 aliphatic carbocycles. The van der Waals surface area contributed by atoms with Crippen LogP contribution in [0.1, 0.15) is 34.3 Å². The molecule has 20 heavy (non-hydrogen) atoms. The largest absolute Gasteiger partial charge is 0.477 e. The van der Waals surface area contributed by atoms with E-state index in [-0.39, 0.29) is 17.4 Å². The molecule has 3 N–H and O–H groups in total. The number of anilines is 1. The Kier molecular flexibility index (Phi) is 4.20. The van der Waals surface area contributed by atoms with Gasteiger partial charge < -0.3 is 15.7 Å².